The van der Waals surface area contributed by atoms with Crippen LogP contribution in [-0.4, -0.2) is 6.54 Å². The minimum absolute atomic E-state index is 0.0534. The van der Waals surface area contributed by atoms with Gasteiger partial charge in [-0.1, -0.05) is 20.8 Å². The Bertz CT molecular complexity index is 282. The molecule has 0 aromatic rings. The van der Waals surface area contributed by atoms with Crippen molar-refractivity contribution in [3.05, 3.63) is 11.4 Å². The molecule has 0 saturated carbocycles. The third-order valence-corrected chi connectivity index (χ3v) is 1.30. The highest BCUT2D eigenvalue weighted by Crippen LogP contribution is 2.11. The average molecular weight is 178 g/mol. The highest BCUT2D eigenvalue weighted by molar-refractivity contribution is 5.32. The fourth-order valence-corrected chi connectivity index (χ4v) is 0.604. The first-order valence-corrected chi connectivity index (χ1v) is 3.94. The van der Waals surface area contributed by atoms with E-state index < -0.39 is 0 Å². The highest BCUT2D eigenvalue weighted by Gasteiger charge is 2.11. The molecule has 0 amide bonds. The van der Waals surface area contributed by atoms with Gasteiger partial charge in [0.2, 0.25) is 0 Å². The Morgan fingerprint density at radius 1 is 1.31 bits per heavy atom. The van der Waals surface area contributed by atoms with Crippen LogP contribution in [0.25, 0.3) is 0 Å². The molecule has 0 bridgehead atoms. The lowest BCUT2D eigenvalue weighted by Crippen LogP contribution is -2.27. The molecule has 0 rings (SSSR count). The third kappa shape index (κ3) is 4.71. The number of rotatable bonds is 2. The number of hydrogen-bond donors (Lipinski definition) is 2. The Labute approximate surface area is 78.6 Å². The zero-order valence-electron chi connectivity index (χ0n) is 8.18. The predicted octanol–water partition coefficient (Wildman–Crippen LogP) is 0.840. The molecule has 0 unspecified atom stereocenters. The van der Waals surface area contributed by atoms with Gasteiger partial charge < -0.3 is 11.1 Å². The zero-order valence-corrected chi connectivity index (χ0v) is 8.18. The van der Waals surface area contributed by atoms with Crippen molar-refractivity contribution in [1.29, 1.82) is 10.5 Å². The second-order valence-electron chi connectivity index (χ2n) is 3.93. The van der Waals surface area contributed by atoms with Crippen molar-refractivity contribution >= 4 is 0 Å². The summed E-state index contributed by atoms with van der Waals surface area (Å²) in [4.78, 5) is 0. The summed E-state index contributed by atoms with van der Waals surface area (Å²) in [6.45, 7) is 6.69. The molecule has 0 spiro atoms. The second kappa shape index (κ2) is 4.37. The van der Waals surface area contributed by atoms with Gasteiger partial charge in [0.25, 0.3) is 0 Å². The average Bonchev–Trinajstić information content (AvgIpc) is 2.03. The van der Waals surface area contributed by atoms with Crippen molar-refractivity contribution < 1.29 is 0 Å². The maximum absolute atomic E-state index is 8.62. The summed E-state index contributed by atoms with van der Waals surface area (Å²) in [5, 5.41) is 19.9. The van der Waals surface area contributed by atoms with Crippen molar-refractivity contribution in [2.75, 3.05) is 6.54 Å². The summed E-state index contributed by atoms with van der Waals surface area (Å²) in [7, 11) is 0. The molecule has 3 N–H and O–H groups in total. The molecule has 13 heavy (non-hydrogen) atoms. The van der Waals surface area contributed by atoms with Crippen LogP contribution in [0.5, 0.6) is 0 Å². The van der Waals surface area contributed by atoms with Gasteiger partial charge in [-0.2, -0.15) is 10.5 Å². The number of allylic oxidation sites excluding steroid dienone is 2. The van der Waals surface area contributed by atoms with Gasteiger partial charge in [0.1, 0.15) is 23.5 Å². The van der Waals surface area contributed by atoms with Gasteiger partial charge in [-0.25, -0.2) is 0 Å². The van der Waals surface area contributed by atoms with Crippen LogP contribution < -0.4 is 11.1 Å². The minimum Gasteiger partial charge on any atom is -0.388 e. The van der Waals surface area contributed by atoms with Crippen LogP contribution in [0.3, 0.4) is 0 Å². The van der Waals surface area contributed by atoms with Crippen LogP contribution in [-0.2, 0) is 0 Å². The largest absolute Gasteiger partial charge is 0.388 e. The Balaban J connectivity index is 4.38. The number of hydrogen-bond acceptors (Lipinski definition) is 4. The first-order chi connectivity index (χ1) is 5.90. The molecule has 0 aliphatic carbocycles. The van der Waals surface area contributed by atoms with Gasteiger partial charge in [0, 0.05) is 6.54 Å². The van der Waals surface area contributed by atoms with Crippen LogP contribution in [0.2, 0.25) is 0 Å². The van der Waals surface area contributed by atoms with Gasteiger partial charge in [0.15, 0.2) is 0 Å². The summed E-state index contributed by atoms with van der Waals surface area (Å²) in [6, 6.07) is 3.57. The Kier molecular flexibility index (Phi) is 3.81. The van der Waals surface area contributed by atoms with E-state index in [1.807, 2.05) is 26.8 Å². The van der Waals surface area contributed by atoms with Crippen LogP contribution in [0.15, 0.2) is 11.4 Å². The fraction of sp³-hybridized carbons (Fsp3) is 0.556. The zero-order chi connectivity index (χ0) is 10.5. The van der Waals surface area contributed by atoms with Crippen LogP contribution >= 0.6 is 0 Å². The number of nitrogens with two attached hydrogens (primary N) is 1. The summed E-state index contributed by atoms with van der Waals surface area (Å²) in [5.74, 6) is 0. The van der Waals surface area contributed by atoms with E-state index in [9.17, 15) is 0 Å². The van der Waals surface area contributed by atoms with Crippen molar-refractivity contribution in [3.63, 3.8) is 0 Å². The summed E-state index contributed by atoms with van der Waals surface area (Å²) < 4.78 is 0. The second-order valence-corrected chi connectivity index (χ2v) is 3.93. The highest BCUT2D eigenvalue weighted by atomic mass is 14.9. The molecular formula is C9H14N4. The van der Waals surface area contributed by atoms with Gasteiger partial charge in [-0.15, -0.1) is 0 Å². The van der Waals surface area contributed by atoms with Crippen LogP contribution in [0, 0.1) is 28.1 Å². The van der Waals surface area contributed by atoms with Gasteiger partial charge in [0.05, 0.1) is 0 Å². The van der Waals surface area contributed by atoms with Crippen molar-refractivity contribution in [1.82, 2.24) is 5.32 Å². The Morgan fingerprint density at radius 3 is 2.15 bits per heavy atom. The quantitative estimate of drug-likeness (QED) is 0.613. The maximum Gasteiger partial charge on any atom is 0.147 e. The third-order valence-electron chi connectivity index (χ3n) is 1.30. The number of nitrogens with one attached hydrogen (secondary N) is 1. The molecule has 0 atom stereocenters. The summed E-state index contributed by atoms with van der Waals surface area (Å²) >= 11 is 0. The molecule has 0 heterocycles. The molecule has 4 nitrogen and oxygen atoms in total. The van der Waals surface area contributed by atoms with Crippen LogP contribution in [0.4, 0.5) is 0 Å². The molecule has 0 aromatic carbocycles. The molecule has 0 aromatic heterocycles. The van der Waals surface area contributed by atoms with E-state index in [0.29, 0.717) is 6.54 Å². The first-order valence-electron chi connectivity index (χ1n) is 3.94. The molecule has 4 heteroatoms. The Hall–Kier alpha value is -1.68. The minimum atomic E-state index is -0.0632. The molecule has 0 aliphatic heterocycles. The van der Waals surface area contributed by atoms with E-state index in [4.69, 9.17) is 16.3 Å². The lowest BCUT2D eigenvalue weighted by Gasteiger charge is -2.18. The number of nitriles is 2. The standard InChI is InChI=1S/C9H14N4/c1-9(2,3)6-13-8(5-11)7(12)4-10/h13H,6,12H2,1-3H3/b8-7+. The maximum atomic E-state index is 8.62. The lowest BCUT2D eigenvalue weighted by molar-refractivity contribution is 0.398. The van der Waals surface area contributed by atoms with E-state index in [1.54, 1.807) is 6.07 Å². The predicted molar refractivity (Wildman–Crippen MR) is 49.9 cm³/mol. The Morgan fingerprint density at radius 2 is 1.85 bits per heavy atom. The molecular weight excluding hydrogens is 164 g/mol. The normalized spacial score (nSPS) is 12.4. The van der Waals surface area contributed by atoms with Gasteiger partial charge in [-0.05, 0) is 5.41 Å². The molecule has 70 valence electrons. The van der Waals surface area contributed by atoms with Gasteiger partial charge in [-0.3, -0.25) is 0 Å². The van der Waals surface area contributed by atoms with Crippen LogP contribution in [0.1, 0.15) is 20.8 Å². The van der Waals surface area contributed by atoms with E-state index in [-0.39, 0.29) is 16.8 Å². The van der Waals surface area contributed by atoms with E-state index in [2.05, 4.69) is 5.32 Å². The monoisotopic (exact) mass is 178 g/mol. The molecule has 0 radical (unpaired) electrons. The first kappa shape index (κ1) is 11.3. The van der Waals surface area contributed by atoms with E-state index >= 15 is 0 Å². The summed E-state index contributed by atoms with van der Waals surface area (Å²) in [6.07, 6.45) is 0. The van der Waals surface area contributed by atoms with E-state index in [0.717, 1.165) is 0 Å². The van der Waals surface area contributed by atoms with Crippen molar-refractivity contribution in [2.45, 2.75) is 20.8 Å². The molecule has 0 fully saturated rings. The molecule has 0 aliphatic rings. The summed E-state index contributed by atoms with van der Waals surface area (Å²) in [5.41, 5.74) is 5.43. The van der Waals surface area contributed by atoms with Gasteiger partial charge >= 0.3 is 0 Å². The molecule has 0 saturated heterocycles. The number of nitrogens with zero attached hydrogens (tertiary/aromatic N) is 2. The SMILES string of the molecule is CC(C)(C)CN/C(C#N)=C(/N)C#N. The van der Waals surface area contributed by atoms with Crippen molar-refractivity contribution in [3.8, 4) is 12.1 Å². The van der Waals surface area contributed by atoms with E-state index in [1.165, 1.54) is 0 Å². The smallest absolute Gasteiger partial charge is 0.147 e. The fourth-order valence-electron chi connectivity index (χ4n) is 0.604. The topological polar surface area (TPSA) is 85.6 Å². The van der Waals surface area contributed by atoms with Crippen molar-refractivity contribution in [2.24, 2.45) is 11.1 Å². The lowest BCUT2D eigenvalue weighted by atomic mass is 9.97.